The maximum absolute atomic E-state index is 11.1. The molecule has 72 valence electrons. The van der Waals surface area contributed by atoms with E-state index in [2.05, 4.69) is 31.9 Å². The standard InChI is InChI=1S/C7H7Br2NO2S/c8-4-5-3-6(9)1-2-7(5)13(10,11)12/h1-3H,4H2,(H2,10,11,12). The molecule has 6 heteroatoms. The number of nitrogens with two attached hydrogens (primary N) is 1. The van der Waals surface area contributed by atoms with E-state index < -0.39 is 10.0 Å². The fraction of sp³-hybridized carbons (Fsp3) is 0.143. The Morgan fingerprint density at radius 3 is 2.46 bits per heavy atom. The fourth-order valence-electron chi connectivity index (χ4n) is 0.930. The predicted molar refractivity (Wildman–Crippen MR) is 58.1 cm³/mol. The van der Waals surface area contributed by atoms with Crippen LogP contribution in [0, 0.1) is 0 Å². The van der Waals surface area contributed by atoms with Crippen LogP contribution in [-0.2, 0) is 15.4 Å². The highest BCUT2D eigenvalue weighted by molar-refractivity contribution is 9.10. The third-order valence-corrected chi connectivity index (χ3v) is 3.58. The zero-order valence-corrected chi connectivity index (χ0v) is 10.5. The lowest BCUT2D eigenvalue weighted by Crippen LogP contribution is -2.14. The normalized spacial score (nSPS) is 11.6. The zero-order valence-electron chi connectivity index (χ0n) is 6.50. The van der Waals surface area contributed by atoms with Crippen molar-refractivity contribution in [2.45, 2.75) is 10.2 Å². The fourth-order valence-corrected chi connectivity index (χ4v) is 2.74. The van der Waals surface area contributed by atoms with E-state index in [4.69, 9.17) is 5.14 Å². The van der Waals surface area contributed by atoms with Crippen molar-refractivity contribution in [3.05, 3.63) is 28.2 Å². The number of primary sulfonamides is 1. The highest BCUT2D eigenvalue weighted by Gasteiger charge is 2.12. The minimum absolute atomic E-state index is 0.160. The molecule has 0 saturated heterocycles. The molecule has 0 aliphatic carbocycles. The van der Waals surface area contributed by atoms with E-state index in [1.165, 1.54) is 6.07 Å². The van der Waals surface area contributed by atoms with Crippen molar-refractivity contribution in [1.82, 2.24) is 0 Å². The van der Waals surface area contributed by atoms with E-state index in [1.807, 2.05) is 0 Å². The van der Waals surface area contributed by atoms with E-state index in [-0.39, 0.29) is 4.90 Å². The highest BCUT2D eigenvalue weighted by Crippen LogP contribution is 2.21. The lowest BCUT2D eigenvalue weighted by molar-refractivity contribution is 0.597. The molecule has 0 fully saturated rings. The summed E-state index contributed by atoms with van der Waals surface area (Å²) in [7, 11) is -3.61. The van der Waals surface area contributed by atoms with Gasteiger partial charge in [0.2, 0.25) is 10.0 Å². The van der Waals surface area contributed by atoms with Gasteiger partial charge >= 0.3 is 0 Å². The molecule has 2 N–H and O–H groups in total. The Morgan fingerprint density at radius 1 is 1.38 bits per heavy atom. The molecule has 1 rings (SSSR count). The SMILES string of the molecule is NS(=O)(=O)c1ccc(Br)cc1CBr. The van der Waals surface area contributed by atoms with Crippen LogP contribution in [0.1, 0.15) is 5.56 Å². The maximum atomic E-state index is 11.1. The van der Waals surface area contributed by atoms with Gasteiger partial charge in [-0.25, -0.2) is 13.6 Å². The van der Waals surface area contributed by atoms with Crippen LogP contribution >= 0.6 is 31.9 Å². The van der Waals surface area contributed by atoms with Crippen molar-refractivity contribution >= 4 is 41.9 Å². The maximum Gasteiger partial charge on any atom is 0.238 e. The summed E-state index contributed by atoms with van der Waals surface area (Å²) in [5, 5.41) is 5.48. The Bertz CT molecular complexity index is 417. The summed E-state index contributed by atoms with van der Waals surface area (Å²) in [6.07, 6.45) is 0. The summed E-state index contributed by atoms with van der Waals surface area (Å²) in [6.45, 7) is 0. The van der Waals surface area contributed by atoms with Crippen molar-refractivity contribution in [3.8, 4) is 0 Å². The highest BCUT2D eigenvalue weighted by atomic mass is 79.9. The average molecular weight is 329 g/mol. The zero-order chi connectivity index (χ0) is 10.1. The van der Waals surface area contributed by atoms with Crippen molar-refractivity contribution in [1.29, 1.82) is 0 Å². The van der Waals surface area contributed by atoms with Gasteiger partial charge in [-0.1, -0.05) is 31.9 Å². The smallest absolute Gasteiger partial charge is 0.225 e. The summed E-state index contributed by atoms with van der Waals surface area (Å²) in [5.74, 6) is 0. The lowest BCUT2D eigenvalue weighted by atomic mass is 10.2. The Hall–Kier alpha value is 0.0900. The number of hydrogen-bond donors (Lipinski definition) is 1. The largest absolute Gasteiger partial charge is 0.238 e. The Balaban J connectivity index is 3.39. The molecule has 3 nitrogen and oxygen atoms in total. The van der Waals surface area contributed by atoms with Gasteiger partial charge in [0.1, 0.15) is 0 Å². The van der Waals surface area contributed by atoms with Crippen LogP contribution in [0.5, 0.6) is 0 Å². The van der Waals surface area contributed by atoms with Gasteiger partial charge in [0.25, 0.3) is 0 Å². The summed E-state index contributed by atoms with van der Waals surface area (Å²) >= 11 is 6.44. The van der Waals surface area contributed by atoms with Crippen molar-refractivity contribution < 1.29 is 8.42 Å². The molecule has 0 saturated carbocycles. The van der Waals surface area contributed by atoms with Crippen molar-refractivity contribution in [2.24, 2.45) is 5.14 Å². The number of halogens is 2. The number of alkyl halides is 1. The molecular weight excluding hydrogens is 322 g/mol. The molecule has 1 aromatic carbocycles. The quantitative estimate of drug-likeness (QED) is 0.844. The molecule has 0 aliphatic rings. The second-order valence-electron chi connectivity index (χ2n) is 2.43. The number of sulfonamides is 1. The van der Waals surface area contributed by atoms with Gasteiger partial charge in [0.05, 0.1) is 4.90 Å². The summed E-state index contributed by atoms with van der Waals surface area (Å²) in [5.41, 5.74) is 0.650. The molecule has 13 heavy (non-hydrogen) atoms. The van der Waals surface area contributed by atoms with Crippen molar-refractivity contribution in [2.75, 3.05) is 0 Å². The van der Waals surface area contributed by atoms with Crippen LogP contribution in [0.25, 0.3) is 0 Å². The van der Waals surface area contributed by atoms with E-state index >= 15 is 0 Å². The first-order valence-electron chi connectivity index (χ1n) is 3.32. The first-order chi connectivity index (χ1) is 5.95. The molecule has 0 aliphatic heterocycles. The van der Waals surface area contributed by atoms with Crippen LogP contribution in [0.15, 0.2) is 27.6 Å². The molecule has 0 bridgehead atoms. The van der Waals surface area contributed by atoms with Gasteiger partial charge in [-0.05, 0) is 23.8 Å². The van der Waals surface area contributed by atoms with Crippen LogP contribution in [0.4, 0.5) is 0 Å². The van der Waals surface area contributed by atoms with E-state index in [9.17, 15) is 8.42 Å². The summed E-state index contributed by atoms with van der Waals surface area (Å²) < 4.78 is 23.0. The molecule has 0 unspecified atom stereocenters. The molecule has 0 atom stereocenters. The molecule has 0 radical (unpaired) electrons. The van der Waals surface area contributed by atoms with Gasteiger partial charge in [-0.2, -0.15) is 0 Å². The second kappa shape index (κ2) is 4.08. The molecule has 0 heterocycles. The third-order valence-electron chi connectivity index (χ3n) is 1.47. The second-order valence-corrected chi connectivity index (χ2v) is 5.44. The average Bonchev–Trinajstić information content (AvgIpc) is 2.01. The Morgan fingerprint density at radius 2 is 2.00 bits per heavy atom. The number of benzene rings is 1. The van der Waals surface area contributed by atoms with Gasteiger partial charge in [0.15, 0.2) is 0 Å². The number of rotatable bonds is 2. The Labute approximate surface area is 93.6 Å². The lowest BCUT2D eigenvalue weighted by Gasteiger charge is -2.04. The minimum Gasteiger partial charge on any atom is -0.225 e. The van der Waals surface area contributed by atoms with Crippen molar-refractivity contribution in [3.63, 3.8) is 0 Å². The van der Waals surface area contributed by atoms with Gasteiger partial charge < -0.3 is 0 Å². The predicted octanol–water partition coefficient (Wildman–Crippen LogP) is 1.99. The van der Waals surface area contributed by atoms with E-state index in [0.717, 1.165) is 4.47 Å². The Kier molecular flexibility index (Phi) is 3.50. The van der Waals surface area contributed by atoms with Gasteiger partial charge in [-0.3, -0.25) is 0 Å². The number of hydrogen-bond acceptors (Lipinski definition) is 2. The first-order valence-corrected chi connectivity index (χ1v) is 6.78. The summed E-state index contributed by atoms with van der Waals surface area (Å²) in [4.78, 5) is 0.160. The molecule has 0 amide bonds. The van der Waals surface area contributed by atoms with E-state index in [1.54, 1.807) is 12.1 Å². The van der Waals surface area contributed by atoms with E-state index in [0.29, 0.717) is 10.9 Å². The van der Waals surface area contributed by atoms with Crippen LogP contribution in [0.3, 0.4) is 0 Å². The van der Waals surface area contributed by atoms with Gasteiger partial charge in [-0.15, -0.1) is 0 Å². The summed E-state index contributed by atoms with van der Waals surface area (Å²) in [6, 6.07) is 4.84. The van der Waals surface area contributed by atoms with Gasteiger partial charge in [0, 0.05) is 9.80 Å². The first kappa shape index (κ1) is 11.2. The molecular formula is C7H7Br2NO2S. The minimum atomic E-state index is -3.61. The van der Waals surface area contributed by atoms with Crippen LogP contribution < -0.4 is 5.14 Å². The van der Waals surface area contributed by atoms with Crippen LogP contribution in [0.2, 0.25) is 0 Å². The topological polar surface area (TPSA) is 60.2 Å². The third kappa shape index (κ3) is 2.77. The molecule has 1 aromatic rings. The molecule has 0 spiro atoms. The van der Waals surface area contributed by atoms with Crippen LogP contribution in [-0.4, -0.2) is 8.42 Å². The monoisotopic (exact) mass is 327 g/mol. The molecule has 0 aromatic heterocycles.